The third kappa shape index (κ3) is 3.80. The summed E-state index contributed by atoms with van der Waals surface area (Å²) >= 11 is 0.859. The van der Waals surface area contributed by atoms with Gasteiger partial charge in [-0.05, 0) is 42.5 Å². The molecule has 2 aromatic heterocycles. The van der Waals surface area contributed by atoms with Crippen LogP contribution in [0.5, 0.6) is 16.7 Å². The van der Waals surface area contributed by atoms with Crippen LogP contribution in [0.15, 0.2) is 35.0 Å². The monoisotopic (exact) mass is 334 g/mol. The maximum Gasteiger partial charge on any atom is 0.347 e. The molecule has 3 aromatic rings. The fourth-order valence-electron chi connectivity index (χ4n) is 1.63. The normalized spacial score (nSPS) is 10.5. The fourth-order valence-corrected chi connectivity index (χ4v) is 2.23. The largest absolute Gasteiger partial charge is 0.484 e. The van der Waals surface area contributed by atoms with E-state index in [9.17, 15) is 10.1 Å². The molecule has 9 nitrogen and oxygen atoms in total. The Kier molecular flexibility index (Phi) is 4.15. The lowest BCUT2D eigenvalue weighted by Crippen LogP contribution is -1.95. The molecule has 0 unspecified atom stereocenters. The molecule has 3 rings (SSSR count). The van der Waals surface area contributed by atoms with Gasteiger partial charge >= 0.3 is 5.00 Å². The third-order valence-electron chi connectivity index (χ3n) is 2.61. The number of hydrogen-bond donors (Lipinski definition) is 0. The number of thiazole rings is 1. The molecule has 0 saturated carbocycles. The molecule has 23 heavy (non-hydrogen) atoms. The molecular weight excluding hydrogens is 324 g/mol. The van der Waals surface area contributed by atoms with E-state index in [0.717, 1.165) is 17.5 Å². The molecule has 0 N–H and O–H groups in total. The van der Waals surface area contributed by atoms with Crippen LogP contribution in [0.2, 0.25) is 0 Å². The van der Waals surface area contributed by atoms with Gasteiger partial charge in [-0.25, -0.2) is 4.98 Å². The SMILES string of the molecule is Cc1noc(COc2ccc(Oc3ncc([N+](=O)[O-])s3)cc2)n1. The van der Waals surface area contributed by atoms with Gasteiger partial charge in [0, 0.05) is 0 Å². The van der Waals surface area contributed by atoms with E-state index < -0.39 is 4.92 Å². The quantitative estimate of drug-likeness (QED) is 0.499. The van der Waals surface area contributed by atoms with Gasteiger partial charge in [0.2, 0.25) is 0 Å². The highest BCUT2D eigenvalue weighted by molar-refractivity contribution is 7.16. The van der Waals surface area contributed by atoms with Crippen LogP contribution < -0.4 is 9.47 Å². The first kappa shape index (κ1) is 14.9. The van der Waals surface area contributed by atoms with Crippen molar-refractivity contribution < 1.29 is 18.9 Å². The second-order valence-corrected chi connectivity index (χ2v) is 5.29. The van der Waals surface area contributed by atoms with E-state index in [1.54, 1.807) is 31.2 Å². The van der Waals surface area contributed by atoms with Crippen LogP contribution in [0, 0.1) is 17.0 Å². The Bertz CT molecular complexity index is 814. The Hall–Kier alpha value is -3.01. The maximum atomic E-state index is 10.6. The topological polar surface area (TPSA) is 113 Å². The van der Waals surface area contributed by atoms with E-state index in [-0.39, 0.29) is 16.8 Å². The molecule has 0 aliphatic heterocycles. The first-order chi connectivity index (χ1) is 11.1. The van der Waals surface area contributed by atoms with Gasteiger partial charge in [0.15, 0.2) is 12.4 Å². The number of aryl methyl sites for hydroxylation is 1. The van der Waals surface area contributed by atoms with Crippen LogP contribution in [0.1, 0.15) is 11.7 Å². The van der Waals surface area contributed by atoms with Crippen LogP contribution in [-0.4, -0.2) is 20.0 Å². The lowest BCUT2D eigenvalue weighted by Gasteiger charge is -2.05. The van der Waals surface area contributed by atoms with Gasteiger partial charge in [-0.1, -0.05) is 5.16 Å². The molecule has 118 valence electrons. The maximum absolute atomic E-state index is 10.6. The Morgan fingerprint density at radius 3 is 2.65 bits per heavy atom. The summed E-state index contributed by atoms with van der Waals surface area (Å²) in [7, 11) is 0. The number of rotatable bonds is 6. The van der Waals surface area contributed by atoms with Crippen molar-refractivity contribution in [1.82, 2.24) is 15.1 Å². The summed E-state index contributed by atoms with van der Waals surface area (Å²) in [5.41, 5.74) is 0. The summed E-state index contributed by atoms with van der Waals surface area (Å²) < 4.78 is 15.9. The average molecular weight is 334 g/mol. The van der Waals surface area contributed by atoms with E-state index in [4.69, 9.17) is 14.0 Å². The zero-order valence-electron chi connectivity index (χ0n) is 11.8. The molecule has 0 atom stereocenters. The minimum absolute atomic E-state index is 0.0743. The smallest absolute Gasteiger partial charge is 0.347 e. The molecule has 2 heterocycles. The summed E-state index contributed by atoms with van der Waals surface area (Å²) in [5.74, 6) is 2.02. The van der Waals surface area contributed by atoms with Crippen molar-refractivity contribution in [2.45, 2.75) is 13.5 Å². The molecule has 0 spiro atoms. The van der Waals surface area contributed by atoms with Gasteiger partial charge in [-0.3, -0.25) is 10.1 Å². The zero-order valence-corrected chi connectivity index (χ0v) is 12.6. The minimum Gasteiger partial charge on any atom is -0.484 e. The van der Waals surface area contributed by atoms with Gasteiger partial charge in [-0.15, -0.1) is 0 Å². The standard InChI is InChI=1S/C13H10N4O5S/c1-8-15-11(22-16-8)7-20-9-2-4-10(5-3-9)21-13-14-6-12(23-13)17(18)19/h2-6H,7H2,1H3. The highest BCUT2D eigenvalue weighted by Gasteiger charge is 2.13. The summed E-state index contributed by atoms with van der Waals surface area (Å²) in [5, 5.41) is 14.4. The Morgan fingerprint density at radius 2 is 2.04 bits per heavy atom. The van der Waals surface area contributed by atoms with Crippen LogP contribution in [0.4, 0.5) is 5.00 Å². The lowest BCUT2D eigenvalue weighted by molar-refractivity contribution is -0.380. The van der Waals surface area contributed by atoms with Crippen LogP contribution in [-0.2, 0) is 6.61 Å². The van der Waals surface area contributed by atoms with Crippen molar-refractivity contribution in [3.05, 3.63) is 52.3 Å². The molecule has 0 radical (unpaired) electrons. The molecule has 10 heteroatoms. The summed E-state index contributed by atoms with van der Waals surface area (Å²) in [4.78, 5) is 17.9. The third-order valence-corrected chi connectivity index (χ3v) is 3.44. The van der Waals surface area contributed by atoms with E-state index in [1.165, 1.54) is 0 Å². The molecule has 0 amide bonds. The van der Waals surface area contributed by atoms with Crippen molar-refractivity contribution in [2.75, 3.05) is 0 Å². The predicted molar refractivity (Wildman–Crippen MR) is 78.7 cm³/mol. The molecule has 0 aliphatic carbocycles. The van der Waals surface area contributed by atoms with Crippen molar-refractivity contribution in [1.29, 1.82) is 0 Å². The highest BCUT2D eigenvalue weighted by atomic mass is 32.1. The Morgan fingerprint density at radius 1 is 1.30 bits per heavy atom. The van der Waals surface area contributed by atoms with E-state index in [2.05, 4.69) is 15.1 Å². The first-order valence-electron chi connectivity index (χ1n) is 6.40. The lowest BCUT2D eigenvalue weighted by atomic mass is 10.3. The highest BCUT2D eigenvalue weighted by Crippen LogP contribution is 2.31. The van der Waals surface area contributed by atoms with Gasteiger partial charge in [0.1, 0.15) is 17.7 Å². The van der Waals surface area contributed by atoms with Crippen molar-refractivity contribution in [2.24, 2.45) is 0 Å². The van der Waals surface area contributed by atoms with Crippen LogP contribution in [0.3, 0.4) is 0 Å². The molecular formula is C13H10N4O5S. The fraction of sp³-hybridized carbons (Fsp3) is 0.154. The molecule has 0 saturated heterocycles. The van der Waals surface area contributed by atoms with Crippen molar-refractivity contribution in [3.8, 4) is 16.7 Å². The first-order valence-corrected chi connectivity index (χ1v) is 7.22. The van der Waals surface area contributed by atoms with E-state index >= 15 is 0 Å². The zero-order chi connectivity index (χ0) is 16.2. The van der Waals surface area contributed by atoms with E-state index in [0.29, 0.717) is 23.2 Å². The van der Waals surface area contributed by atoms with Crippen LogP contribution >= 0.6 is 11.3 Å². The molecule has 0 fully saturated rings. The van der Waals surface area contributed by atoms with Crippen molar-refractivity contribution >= 4 is 16.3 Å². The Balaban J connectivity index is 1.58. The summed E-state index contributed by atoms with van der Waals surface area (Å²) in [6.07, 6.45) is 1.16. The molecule has 0 aliphatic rings. The average Bonchev–Trinajstić information content (AvgIpc) is 3.16. The van der Waals surface area contributed by atoms with Gasteiger partial charge < -0.3 is 14.0 Å². The van der Waals surface area contributed by atoms with E-state index in [1.807, 2.05) is 0 Å². The number of aromatic nitrogens is 3. The van der Waals surface area contributed by atoms with Crippen LogP contribution in [0.25, 0.3) is 0 Å². The predicted octanol–water partition coefficient (Wildman–Crippen LogP) is 3.11. The van der Waals surface area contributed by atoms with Gasteiger partial charge in [-0.2, -0.15) is 4.98 Å². The number of nitrogens with zero attached hydrogens (tertiary/aromatic N) is 4. The summed E-state index contributed by atoms with van der Waals surface area (Å²) in [6.45, 7) is 1.89. The Labute approximate surface area is 133 Å². The second-order valence-electron chi connectivity index (χ2n) is 4.32. The number of nitro groups is 1. The number of hydrogen-bond acceptors (Lipinski definition) is 9. The second kappa shape index (κ2) is 6.40. The van der Waals surface area contributed by atoms with Crippen molar-refractivity contribution in [3.63, 3.8) is 0 Å². The molecule has 0 bridgehead atoms. The number of ether oxygens (including phenoxy) is 2. The number of benzene rings is 1. The summed E-state index contributed by atoms with van der Waals surface area (Å²) in [6, 6.07) is 6.73. The van der Waals surface area contributed by atoms with Gasteiger partial charge in [0.25, 0.3) is 11.1 Å². The molecule has 1 aromatic carbocycles. The van der Waals surface area contributed by atoms with Gasteiger partial charge in [0.05, 0.1) is 4.92 Å². The minimum atomic E-state index is -0.513.